The van der Waals surface area contributed by atoms with Gasteiger partial charge in [0.05, 0.1) is 0 Å². The van der Waals surface area contributed by atoms with E-state index in [9.17, 15) is 4.79 Å². The van der Waals surface area contributed by atoms with Crippen molar-refractivity contribution in [2.24, 2.45) is 0 Å². The van der Waals surface area contributed by atoms with Gasteiger partial charge in [-0.1, -0.05) is 30.4 Å². The molecule has 0 atom stereocenters. The zero-order valence-corrected chi connectivity index (χ0v) is 7.49. The van der Waals surface area contributed by atoms with Crippen molar-refractivity contribution in [1.29, 1.82) is 0 Å². The number of aldehydes is 1. The van der Waals surface area contributed by atoms with E-state index < -0.39 is 0 Å². The molecule has 1 aromatic rings. The molecule has 1 nitrogen and oxygen atoms in total. The minimum absolute atomic E-state index is 0.535. The molecule has 0 saturated carbocycles. The van der Waals surface area contributed by atoms with Gasteiger partial charge in [-0.2, -0.15) is 0 Å². The second kappa shape index (κ2) is 3.56. The second-order valence-corrected chi connectivity index (χ2v) is 3.30. The lowest BCUT2D eigenvalue weighted by molar-refractivity contribution is -0.107. The van der Waals surface area contributed by atoms with Gasteiger partial charge in [0.15, 0.2) is 0 Å². The molecule has 0 bridgehead atoms. The average molecular weight is 172 g/mol. The maximum Gasteiger partial charge on any atom is 0.124 e. The van der Waals surface area contributed by atoms with E-state index in [0.717, 1.165) is 24.7 Å². The van der Waals surface area contributed by atoms with Gasteiger partial charge in [-0.25, -0.2) is 0 Å². The highest BCUT2D eigenvalue weighted by atomic mass is 16.1. The van der Waals surface area contributed by atoms with E-state index in [0.29, 0.717) is 6.42 Å². The molecule has 0 saturated heterocycles. The van der Waals surface area contributed by atoms with E-state index in [2.05, 4.69) is 18.2 Å². The quantitative estimate of drug-likeness (QED) is 0.626. The molecule has 1 aliphatic rings. The van der Waals surface area contributed by atoms with Gasteiger partial charge in [-0.3, -0.25) is 0 Å². The molecule has 2 rings (SSSR count). The van der Waals surface area contributed by atoms with E-state index in [1.54, 1.807) is 0 Å². The van der Waals surface area contributed by atoms with Crippen molar-refractivity contribution in [2.75, 3.05) is 0 Å². The third kappa shape index (κ3) is 1.55. The Balaban J connectivity index is 2.47. The van der Waals surface area contributed by atoms with Crippen molar-refractivity contribution >= 4 is 12.4 Å². The zero-order chi connectivity index (χ0) is 9.10. The monoisotopic (exact) mass is 172 g/mol. The first-order valence-electron chi connectivity index (χ1n) is 4.63. The Morgan fingerprint density at radius 1 is 1.38 bits per heavy atom. The maximum atomic E-state index is 10.4. The highest BCUT2D eigenvalue weighted by Gasteiger charge is 2.07. The molecule has 0 amide bonds. The van der Waals surface area contributed by atoms with Gasteiger partial charge in [-0.05, 0) is 29.5 Å². The van der Waals surface area contributed by atoms with Crippen LogP contribution in [0.2, 0.25) is 0 Å². The Labute approximate surface area is 78.1 Å². The Kier molecular flexibility index (Phi) is 2.26. The summed E-state index contributed by atoms with van der Waals surface area (Å²) in [4.78, 5) is 10.4. The molecule has 0 aliphatic heterocycles. The van der Waals surface area contributed by atoms with Crippen molar-refractivity contribution in [3.05, 3.63) is 41.0 Å². The summed E-state index contributed by atoms with van der Waals surface area (Å²) in [5.74, 6) is 0. The van der Waals surface area contributed by atoms with Crippen LogP contribution < -0.4 is 0 Å². The number of allylic oxidation sites excluding steroid dienone is 1. The molecule has 0 fully saturated rings. The van der Waals surface area contributed by atoms with Gasteiger partial charge < -0.3 is 4.79 Å². The summed E-state index contributed by atoms with van der Waals surface area (Å²) in [5, 5.41) is 0. The number of hydrogen-bond acceptors (Lipinski definition) is 1. The third-order valence-corrected chi connectivity index (χ3v) is 2.45. The number of benzene rings is 1. The molecule has 0 radical (unpaired) electrons. The Hall–Kier alpha value is -1.37. The lowest BCUT2D eigenvalue weighted by atomic mass is 9.92. The zero-order valence-electron chi connectivity index (χ0n) is 7.49. The fourth-order valence-electron chi connectivity index (χ4n) is 1.81. The molecule has 0 N–H and O–H groups in total. The lowest BCUT2D eigenvalue weighted by Crippen LogP contribution is -1.99. The van der Waals surface area contributed by atoms with Crippen molar-refractivity contribution in [1.82, 2.24) is 0 Å². The molecular formula is C12H12O. The largest absolute Gasteiger partial charge is 0.303 e. The summed E-state index contributed by atoms with van der Waals surface area (Å²) in [6.45, 7) is 0. The summed E-state index contributed by atoms with van der Waals surface area (Å²) < 4.78 is 0. The molecule has 1 aromatic carbocycles. The summed E-state index contributed by atoms with van der Waals surface area (Å²) in [5.41, 5.74) is 3.80. The van der Waals surface area contributed by atoms with Crippen LogP contribution in [0, 0.1) is 0 Å². The Morgan fingerprint density at radius 2 is 2.31 bits per heavy atom. The van der Waals surface area contributed by atoms with E-state index in [4.69, 9.17) is 0 Å². The number of aryl methyl sites for hydroxylation is 1. The molecule has 0 heterocycles. The lowest BCUT2D eigenvalue weighted by Gasteiger charge is -2.13. The van der Waals surface area contributed by atoms with Crippen LogP contribution in [-0.4, -0.2) is 6.29 Å². The van der Waals surface area contributed by atoms with Crippen LogP contribution in [0.3, 0.4) is 0 Å². The van der Waals surface area contributed by atoms with Crippen molar-refractivity contribution in [3.63, 3.8) is 0 Å². The number of carbonyl (C=O) groups is 1. The molecule has 0 unspecified atom stereocenters. The molecule has 0 spiro atoms. The summed E-state index contributed by atoms with van der Waals surface area (Å²) in [6.07, 6.45) is 8.05. The SMILES string of the molecule is O=CCc1cccc2c1C=CCC2. The van der Waals surface area contributed by atoms with Gasteiger partial charge in [0, 0.05) is 6.42 Å². The third-order valence-electron chi connectivity index (χ3n) is 2.45. The van der Waals surface area contributed by atoms with E-state index in [1.165, 1.54) is 11.1 Å². The standard InChI is InChI=1S/C12H12O/c13-9-8-11-6-3-5-10-4-1-2-7-12(10)11/h2-3,5-7,9H,1,4,8H2. The second-order valence-electron chi connectivity index (χ2n) is 3.30. The van der Waals surface area contributed by atoms with Crippen LogP contribution in [0.1, 0.15) is 23.1 Å². The van der Waals surface area contributed by atoms with E-state index >= 15 is 0 Å². The van der Waals surface area contributed by atoms with Gasteiger partial charge in [0.25, 0.3) is 0 Å². The highest BCUT2D eigenvalue weighted by Crippen LogP contribution is 2.22. The molecule has 1 aliphatic carbocycles. The van der Waals surface area contributed by atoms with Crippen molar-refractivity contribution in [2.45, 2.75) is 19.3 Å². The molecule has 13 heavy (non-hydrogen) atoms. The first kappa shape index (κ1) is 8.24. The summed E-state index contributed by atoms with van der Waals surface area (Å²) in [6, 6.07) is 6.22. The first-order chi connectivity index (χ1) is 6.42. The minimum Gasteiger partial charge on any atom is -0.303 e. The number of rotatable bonds is 2. The van der Waals surface area contributed by atoms with Gasteiger partial charge in [0.1, 0.15) is 6.29 Å². The van der Waals surface area contributed by atoms with Crippen LogP contribution in [0.5, 0.6) is 0 Å². The van der Waals surface area contributed by atoms with Crippen LogP contribution in [0.25, 0.3) is 6.08 Å². The van der Waals surface area contributed by atoms with Crippen molar-refractivity contribution in [3.8, 4) is 0 Å². The number of carbonyl (C=O) groups excluding carboxylic acids is 1. The normalized spacial score (nSPS) is 13.8. The van der Waals surface area contributed by atoms with Crippen LogP contribution in [-0.2, 0) is 17.6 Å². The summed E-state index contributed by atoms with van der Waals surface area (Å²) in [7, 11) is 0. The molecule has 1 heteroatoms. The van der Waals surface area contributed by atoms with Gasteiger partial charge in [-0.15, -0.1) is 0 Å². The van der Waals surface area contributed by atoms with E-state index in [-0.39, 0.29) is 0 Å². The average Bonchev–Trinajstić information content (AvgIpc) is 2.19. The Morgan fingerprint density at radius 3 is 3.15 bits per heavy atom. The predicted molar refractivity (Wildman–Crippen MR) is 53.6 cm³/mol. The van der Waals surface area contributed by atoms with Crippen LogP contribution >= 0.6 is 0 Å². The number of hydrogen-bond donors (Lipinski definition) is 0. The molecule has 66 valence electrons. The Bertz CT molecular complexity index is 350. The van der Waals surface area contributed by atoms with Gasteiger partial charge >= 0.3 is 0 Å². The topological polar surface area (TPSA) is 17.1 Å². The molecular weight excluding hydrogens is 160 g/mol. The smallest absolute Gasteiger partial charge is 0.124 e. The van der Waals surface area contributed by atoms with Crippen molar-refractivity contribution < 1.29 is 4.79 Å². The van der Waals surface area contributed by atoms with Gasteiger partial charge in [0.2, 0.25) is 0 Å². The first-order valence-corrected chi connectivity index (χ1v) is 4.63. The maximum absolute atomic E-state index is 10.4. The number of fused-ring (bicyclic) bond motifs is 1. The predicted octanol–water partition coefficient (Wildman–Crippen LogP) is 2.39. The molecule has 0 aromatic heterocycles. The van der Waals surface area contributed by atoms with Crippen LogP contribution in [0.4, 0.5) is 0 Å². The fourth-order valence-corrected chi connectivity index (χ4v) is 1.81. The summed E-state index contributed by atoms with van der Waals surface area (Å²) >= 11 is 0. The highest BCUT2D eigenvalue weighted by molar-refractivity contribution is 5.65. The fraction of sp³-hybridized carbons (Fsp3) is 0.250. The van der Waals surface area contributed by atoms with Crippen LogP contribution in [0.15, 0.2) is 24.3 Å². The van der Waals surface area contributed by atoms with E-state index in [1.807, 2.05) is 12.1 Å². The minimum atomic E-state index is 0.535.